The number of carbonyl (C=O) groups is 1. The molecule has 1 amide bonds. The maximum absolute atomic E-state index is 13.7. The first-order valence-electron chi connectivity index (χ1n) is 7.92. The van der Waals surface area contributed by atoms with Crippen LogP contribution in [0, 0.1) is 11.6 Å². The first-order chi connectivity index (χ1) is 13.1. The van der Waals surface area contributed by atoms with Crippen molar-refractivity contribution in [2.24, 2.45) is 0 Å². The minimum Gasteiger partial charge on any atom is -0.397 e. The summed E-state index contributed by atoms with van der Waals surface area (Å²) in [6.07, 6.45) is -4.64. The SMILES string of the molecule is CCn1nc(C(F)(F)F)cc1-c1sc(C(=O)Nc2c(F)cccc2F)cc1N. The molecular formula is C17H13F5N4OS. The Labute approximate surface area is 159 Å². The molecule has 2 aromatic heterocycles. The second-order valence-corrected chi connectivity index (χ2v) is 6.73. The molecule has 3 aromatic rings. The van der Waals surface area contributed by atoms with Gasteiger partial charge in [0.05, 0.1) is 21.1 Å². The molecular weight excluding hydrogens is 403 g/mol. The van der Waals surface area contributed by atoms with Gasteiger partial charge in [0.1, 0.15) is 17.3 Å². The van der Waals surface area contributed by atoms with Gasteiger partial charge >= 0.3 is 6.18 Å². The Hall–Kier alpha value is -2.95. The van der Waals surface area contributed by atoms with Crippen LogP contribution in [0.3, 0.4) is 0 Å². The smallest absolute Gasteiger partial charge is 0.397 e. The first kappa shape index (κ1) is 19.8. The van der Waals surface area contributed by atoms with Crippen LogP contribution in [0.5, 0.6) is 0 Å². The van der Waals surface area contributed by atoms with Gasteiger partial charge in [-0.2, -0.15) is 18.3 Å². The highest BCUT2D eigenvalue weighted by Crippen LogP contribution is 2.38. The lowest BCUT2D eigenvalue weighted by Crippen LogP contribution is -2.12. The fraction of sp³-hybridized carbons (Fsp3) is 0.176. The van der Waals surface area contributed by atoms with E-state index in [9.17, 15) is 26.7 Å². The number of halogens is 5. The van der Waals surface area contributed by atoms with Crippen LogP contribution < -0.4 is 11.1 Å². The predicted octanol–water partition coefficient (Wildman–Crippen LogP) is 4.76. The molecule has 0 radical (unpaired) electrons. The summed E-state index contributed by atoms with van der Waals surface area (Å²) in [4.78, 5) is 12.5. The van der Waals surface area contributed by atoms with Crippen molar-refractivity contribution >= 4 is 28.6 Å². The van der Waals surface area contributed by atoms with Crippen LogP contribution in [0.2, 0.25) is 0 Å². The van der Waals surface area contributed by atoms with Crippen LogP contribution in [0.15, 0.2) is 30.3 Å². The van der Waals surface area contributed by atoms with Crippen molar-refractivity contribution in [1.29, 1.82) is 0 Å². The molecule has 0 unspecified atom stereocenters. The Bertz CT molecular complexity index is 1020. The number of anilines is 2. The fourth-order valence-electron chi connectivity index (χ4n) is 2.49. The Kier molecular flexibility index (Phi) is 5.11. The number of hydrogen-bond acceptors (Lipinski definition) is 4. The number of nitrogen functional groups attached to an aromatic ring is 1. The molecule has 0 aliphatic rings. The third kappa shape index (κ3) is 3.70. The van der Waals surface area contributed by atoms with Crippen molar-refractivity contribution in [3.05, 3.63) is 52.5 Å². The van der Waals surface area contributed by atoms with Crippen LogP contribution >= 0.6 is 11.3 Å². The molecule has 0 fully saturated rings. The number of carbonyl (C=O) groups excluding carboxylic acids is 1. The van der Waals surface area contributed by atoms with Crippen LogP contribution in [-0.2, 0) is 12.7 Å². The van der Waals surface area contributed by atoms with E-state index >= 15 is 0 Å². The highest BCUT2D eigenvalue weighted by atomic mass is 32.1. The van der Waals surface area contributed by atoms with Crippen LogP contribution in [0.4, 0.5) is 33.3 Å². The zero-order chi connectivity index (χ0) is 20.6. The van der Waals surface area contributed by atoms with E-state index in [1.54, 1.807) is 6.92 Å². The number of hydrogen-bond donors (Lipinski definition) is 2. The number of nitrogens with one attached hydrogen (secondary N) is 1. The van der Waals surface area contributed by atoms with Gasteiger partial charge in [-0.05, 0) is 31.2 Å². The third-order valence-electron chi connectivity index (χ3n) is 3.79. The summed E-state index contributed by atoms with van der Waals surface area (Å²) >= 11 is 0.795. The molecule has 0 saturated heterocycles. The zero-order valence-corrected chi connectivity index (χ0v) is 15.1. The second-order valence-electron chi connectivity index (χ2n) is 5.67. The van der Waals surface area contributed by atoms with Crippen molar-refractivity contribution in [1.82, 2.24) is 9.78 Å². The van der Waals surface area contributed by atoms with E-state index in [1.165, 1.54) is 6.07 Å². The molecule has 0 atom stereocenters. The number of benzene rings is 1. The van der Waals surface area contributed by atoms with E-state index in [0.717, 1.165) is 40.3 Å². The summed E-state index contributed by atoms with van der Waals surface area (Å²) in [6, 6.07) is 5.17. The standard InChI is InChI=1S/C17H13F5N4OS/c1-2-26-11(7-13(25-26)17(20,21)22)15-10(23)6-12(28-15)16(27)24-14-8(18)4-3-5-9(14)19/h3-7H,2,23H2,1H3,(H,24,27). The zero-order valence-electron chi connectivity index (χ0n) is 14.3. The molecule has 148 valence electrons. The monoisotopic (exact) mass is 416 g/mol. The molecule has 28 heavy (non-hydrogen) atoms. The van der Waals surface area contributed by atoms with Gasteiger partial charge in [-0.25, -0.2) is 8.78 Å². The van der Waals surface area contributed by atoms with Gasteiger partial charge in [0.25, 0.3) is 5.91 Å². The molecule has 0 saturated carbocycles. The Morgan fingerprint density at radius 3 is 2.46 bits per heavy atom. The summed E-state index contributed by atoms with van der Waals surface area (Å²) in [5.41, 5.74) is 4.29. The summed E-state index contributed by atoms with van der Waals surface area (Å²) in [5.74, 6) is -2.76. The molecule has 0 aliphatic heterocycles. The number of nitrogens with two attached hydrogens (primary N) is 1. The number of rotatable bonds is 4. The molecule has 5 nitrogen and oxygen atoms in total. The number of aryl methyl sites for hydroxylation is 1. The van der Waals surface area contributed by atoms with Crippen molar-refractivity contribution in [3.63, 3.8) is 0 Å². The molecule has 0 bridgehead atoms. The number of alkyl halides is 3. The number of aromatic nitrogens is 2. The van der Waals surface area contributed by atoms with Crippen LogP contribution in [0.1, 0.15) is 22.3 Å². The topological polar surface area (TPSA) is 72.9 Å². The number of nitrogens with zero attached hydrogens (tertiary/aromatic N) is 2. The van der Waals surface area contributed by atoms with Gasteiger partial charge in [0.15, 0.2) is 5.69 Å². The number of thiophene rings is 1. The molecule has 3 N–H and O–H groups in total. The maximum Gasteiger partial charge on any atom is 0.435 e. The third-order valence-corrected chi connectivity index (χ3v) is 4.96. The molecule has 11 heteroatoms. The summed E-state index contributed by atoms with van der Waals surface area (Å²) in [5, 5.41) is 5.61. The van der Waals surface area contributed by atoms with E-state index in [0.29, 0.717) is 0 Å². The van der Waals surface area contributed by atoms with Gasteiger partial charge in [-0.3, -0.25) is 9.48 Å². The first-order valence-corrected chi connectivity index (χ1v) is 8.73. The van der Waals surface area contributed by atoms with Gasteiger partial charge in [0, 0.05) is 6.54 Å². The van der Waals surface area contributed by atoms with Crippen molar-refractivity contribution in [2.45, 2.75) is 19.6 Å². The highest BCUT2D eigenvalue weighted by Gasteiger charge is 2.35. The summed E-state index contributed by atoms with van der Waals surface area (Å²) in [6.45, 7) is 1.75. The largest absolute Gasteiger partial charge is 0.435 e. The Morgan fingerprint density at radius 1 is 1.25 bits per heavy atom. The van der Waals surface area contributed by atoms with E-state index < -0.39 is 35.1 Å². The van der Waals surface area contributed by atoms with Crippen LogP contribution in [-0.4, -0.2) is 15.7 Å². The average Bonchev–Trinajstić information content (AvgIpc) is 3.21. The molecule has 0 spiro atoms. The molecule has 3 rings (SSSR count). The van der Waals surface area contributed by atoms with Crippen LogP contribution in [0.25, 0.3) is 10.6 Å². The van der Waals surface area contributed by atoms with Gasteiger partial charge < -0.3 is 11.1 Å². The maximum atomic E-state index is 13.7. The Balaban J connectivity index is 1.96. The van der Waals surface area contributed by atoms with Crippen molar-refractivity contribution in [3.8, 4) is 10.6 Å². The van der Waals surface area contributed by atoms with Crippen molar-refractivity contribution in [2.75, 3.05) is 11.1 Å². The normalized spacial score (nSPS) is 11.6. The van der Waals surface area contributed by atoms with Gasteiger partial charge in [0.2, 0.25) is 0 Å². The van der Waals surface area contributed by atoms with Gasteiger partial charge in [-0.15, -0.1) is 11.3 Å². The van der Waals surface area contributed by atoms with E-state index in [4.69, 9.17) is 5.73 Å². The molecule has 2 heterocycles. The molecule has 1 aromatic carbocycles. The van der Waals surface area contributed by atoms with E-state index in [2.05, 4.69) is 10.4 Å². The number of amides is 1. The summed E-state index contributed by atoms with van der Waals surface area (Å²) in [7, 11) is 0. The Morgan fingerprint density at radius 2 is 1.89 bits per heavy atom. The highest BCUT2D eigenvalue weighted by molar-refractivity contribution is 7.18. The predicted molar refractivity (Wildman–Crippen MR) is 94.9 cm³/mol. The van der Waals surface area contributed by atoms with Crippen molar-refractivity contribution < 1.29 is 26.7 Å². The second kappa shape index (κ2) is 7.23. The lowest BCUT2D eigenvalue weighted by molar-refractivity contribution is -0.141. The quantitative estimate of drug-likeness (QED) is 0.602. The molecule has 0 aliphatic carbocycles. The average molecular weight is 416 g/mol. The van der Waals surface area contributed by atoms with E-state index in [-0.39, 0.29) is 27.7 Å². The fourth-order valence-corrected chi connectivity index (χ4v) is 3.48. The van der Waals surface area contributed by atoms with Gasteiger partial charge in [-0.1, -0.05) is 6.07 Å². The lowest BCUT2D eigenvalue weighted by Gasteiger charge is -2.06. The number of para-hydroxylation sites is 1. The lowest BCUT2D eigenvalue weighted by atomic mass is 10.2. The summed E-state index contributed by atoms with van der Waals surface area (Å²) < 4.78 is 67.3. The van der Waals surface area contributed by atoms with E-state index in [1.807, 2.05) is 0 Å². The minimum absolute atomic E-state index is 0.0208. The minimum atomic E-state index is -4.64.